The third-order valence-electron chi connectivity index (χ3n) is 3.99. The average molecular weight is 293 g/mol. The van der Waals surface area contributed by atoms with Crippen molar-refractivity contribution in [3.8, 4) is 22.9 Å². The summed E-state index contributed by atoms with van der Waals surface area (Å²) >= 11 is 0. The number of nitrogens with one attached hydrogen (secondary N) is 2. The quantitative estimate of drug-likeness (QED) is 0.426. The molecule has 5 N–H and O–H groups in total. The Morgan fingerprint density at radius 1 is 1.14 bits per heavy atom. The standard InChI is InChI=1S/C17H15N3O2/c1-22-10-2-5-14-9(6-10)7-15(20-14)11-3-4-13(18)12-8-19-17(21)16(11)12/h2-8,19-21H,18H2,1H3. The molecule has 0 amide bonds. The van der Waals surface area contributed by atoms with E-state index < -0.39 is 0 Å². The maximum Gasteiger partial charge on any atom is 0.197 e. The Morgan fingerprint density at radius 3 is 2.82 bits per heavy atom. The molecule has 5 nitrogen and oxygen atoms in total. The number of benzene rings is 2. The maximum absolute atomic E-state index is 10.1. The molecule has 0 bridgehead atoms. The molecular formula is C17H15N3O2. The summed E-state index contributed by atoms with van der Waals surface area (Å²) in [5.74, 6) is 0.929. The topological polar surface area (TPSA) is 87.1 Å². The normalized spacial score (nSPS) is 11.3. The summed E-state index contributed by atoms with van der Waals surface area (Å²) in [6, 6.07) is 11.7. The number of H-pyrrole nitrogens is 2. The highest BCUT2D eigenvalue weighted by Crippen LogP contribution is 2.38. The lowest BCUT2D eigenvalue weighted by Gasteiger charge is -2.03. The zero-order chi connectivity index (χ0) is 15.3. The molecule has 0 unspecified atom stereocenters. The minimum atomic E-state index is 0.119. The first kappa shape index (κ1) is 12.6. The van der Waals surface area contributed by atoms with Gasteiger partial charge in [0.2, 0.25) is 0 Å². The highest BCUT2D eigenvalue weighted by Gasteiger charge is 2.14. The van der Waals surface area contributed by atoms with Gasteiger partial charge in [-0.25, -0.2) is 0 Å². The van der Waals surface area contributed by atoms with Crippen LogP contribution >= 0.6 is 0 Å². The summed E-state index contributed by atoms with van der Waals surface area (Å²) in [6.07, 6.45) is 1.72. The zero-order valence-corrected chi connectivity index (χ0v) is 12.0. The first-order chi connectivity index (χ1) is 10.7. The Labute approximate surface area is 126 Å². The minimum absolute atomic E-state index is 0.119. The Hall–Kier alpha value is -3.08. The number of methoxy groups -OCH3 is 1. The molecule has 0 fully saturated rings. The molecule has 0 aliphatic rings. The summed E-state index contributed by atoms with van der Waals surface area (Å²) in [5.41, 5.74) is 9.43. The van der Waals surface area contributed by atoms with E-state index in [0.29, 0.717) is 5.69 Å². The predicted molar refractivity (Wildman–Crippen MR) is 88.2 cm³/mol. The van der Waals surface area contributed by atoms with Gasteiger partial charge in [-0.2, -0.15) is 0 Å². The number of ether oxygens (including phenoxy) is 1. The van der Waals surface area contributed by atoms with Gasteiger partial charge in [-0.05, 0) is 36.4 Å². The summed E-state index contributed by atoms with van der Waals surface area (Å²) in [6.45, 7) is 0. The molecule has 0 saturated heterocycles. The smallest absolute Gasteiger partial charge is 0.197 e. The van der Waals surface area contributed by atoms with Crippen LogP contribution in [-0.2, 0) is 0 Å². The summed E-state index contributed by atoms with van der Waals surface area (Å²) < 4.78 is 5.25. The number of fused-ring (bicyclic) bond motifs is 2. The number of aromatic amines is 2. The summed E-state index contributed by atoms with van der Waals surface area (Å²) in [5, 5.41) is 12.7. The molecule has 2 aromatic carbocycles. The van der Waals surface area contributed by atoms with Gasteiger partial charge in [0, 0.05) is 39.4 Å². The van der Waals surface area contributed by atoms with Gasteiger partial charge in [0.25, 0.3) is 0 Å². The van der Waals surface area contributed by atoms with E-state index in [-0.39, 0.29) is 5.88 Å². The SMILES string of the molecule is COc1ccc2[nH]c(-c3ccc(N)c4c[nH]c(O)c34)cc2c1. The van der Waals surface area contributed by atoms with Crippen LogP contribution in [-0.4, -0.2) is 22.2 Å². The predicted octanol–water partition coefficient (Wildman–Crippen LogP) is 3.61. The van der Waals surface area contributed by atoms with E-state index in [1.54, 1.807) is 13.3 Å². The van der Waals surface area contributed by atoms with Crippen molar-refractivity contribution in [2.45, 2.75) is 0 Å². The lowest BCUT2D eigenvalue weighted by molar-refractivity contribution is 0.415. The monoisotopic (exact) mass is 293 g/mol. The van der Waals surface area contributed by atoms with E-state index in [2.05, 4.69) is 9.97 Å². The molecule has 5 heteroatoms. The van der Waals surface area contributed by atoms with Crippen LogP contribution in [0.25, 0.3) is 32.9 Å². The van der Waals surface area contributed by atoms with Crippen molar-refractivity contribution in [2.24, 2.45) is 0 Å². The van der Waals surface area contributed by atoms with Crippen LogP contribution in [0.5, 0.6) is 11.6 Å². The third kappa shape index (κ3) is 1.72. The van der Waals surface area contributed by atoms with Gasteiger partial charge >= 0.3 is 0 Å². The second-order valence-electron chi connectivity index (χ2n) is 5.26. The van der Waals surface area contributed by atoms with Crippen LogP contribution in [0.4, 0.5) is 5.69 Å². The molecular weight excluding hydrogens is 278 g/mol. The largest absolute Gasteiger partial charge is 0.497 e. The fraction of sp³-hybridized carbons (Fsp3) is 0.0588. The Bertz CT molecular complexity index is 998. The number of hydrogen-bond donors (Lipinski definition) is 4. The van der Waals surface area contributed by atoms with Gasteiger partial charge in [-0.3, -0.25) is 0 Å². The van der Waals surface area contributed by atoms with Crippen molar-refractivity contribution >= 4 is 27.4 Å². The van der Waals surface area contributed by atoms with Crippen molar-refractivity contribution in [1.29, 1.82) is 0 Å². The average Bonchev–Trinajstić information content (AvgIpc) is 3.11. The van der Waals surface area contributed by atoms with Gasteiger partial charge < -0.3 is 25.5 Å². The molecule has 2 heterocycles. The van der Waals surface area contributed by atoms with Crippen LogP contribution in [0.3, 0.4) is 0 Å². The molecule has 0 aliphatic carbocycles. The molecule has 0 atom stereocenters. The summed E-state index contributed by atoms with van der Waals surface area (Å²) in [7, 11) is 1.65. The molecule has 0 saturated carbocycles. The van der Waals surface area contributed by atoms with Crippen LogP contribution in [0.1, 0.15) is 0 Å². The van der Waals surface area contributed by atoms with Gasteiger partial charge in [0.1, 0.15) is 5.75 Å². The number of aromatic nitrogens is 2. The Kier molecular flexibility index (Phi) is 2.56. The van der Waals surface area contributed by atoms with Crippen LogP contribution in [0.2, 0.25) is 0 Å². The van der Waals surface area contributed by atoms with E-state index in [1.165, 1.54) is 0 Å². The van der Waals surface area contributed by atoms with E-state index in [0.717, 1.165) is 38.7 Å². The van der Waals surface area contributed by atoms with E-state index in [9.17, 15) is 5.11 Å². The van der Waals surface area contributed by atoms with Crippen molar-refractivity contribution in [1.82, 2.24) is 9.97 Å². The second-order valence-corrected chi connectivity index (χ2v) is 5.26. The minimum Gasteiger partial charge on any atom is -0.497 e. The number of anilines is 1. The first-order valence-electron chi connectivity index (χ1n) is 6.93. The van der Waals surface area contributed by atoms with E-state index in [4.69, 9.17) is 10.5 Å². The molecule has 0 spiro atoms. The molecule has 4 rings (SSSR count). The van der Waals surface area contributed by atoms with Crippen molar-refractivity contribution < 1.29 is 9.84 Å². The van der Waals surface area contributed by atoms with Gasteiger partial charge in [0.15, 0.2) is 5.88 Å². The van der Waals surface area contributed by atoms with Crippen molar-refractivity contribution in [3.05, 3.63) is 42.6 Å². The van der Waals surface area contributed by atoms with Crippen molar-refractivity contribution in [3.63, 3.8) is 0 Å². The maximum atomic E-state index is 10.1. The Balaban J connectivity index is 1.99. The van der Waals surface area contributed by atoms with Crippen molar-refractivity contribution in [2.75, 3.05) is 12.8 Å². The molecule has 0 aliphatic heterocycles. The fourth-order valence-corrected chi connectivity index (χ4v) is 2.87. The second kappa shape index (κ2) is 4.46. The van der Waals surface area contributed by atoms with Crippen LogP contribution < -0.4 is 10.5 Å². The summed E-state index contributed by atoms with van der Waals surface area (Å²) in [4.78, 5) is 6.19. The molecule has 0 radical (unpaired) electrons. The van der Waals surface area contributed by atoms with Gasteiger partial charge in [0.05, 0.1) is 12.5 Å². The highest BCUT2D eigenvalue weighted by molar-refractivity contribution is 6.06. The third-order valence-corrected chi connectivity index (χ3v) is 3.99. The molecule has 4 aromatic rings. The van der Waals surface area contributed by atoms with Crippen LogP contribution in [0, 0.1) is 0 Å². The lowest BCUT2D eigenvalue weighted by atomic mass is 10.0. The fourth-order valence-electron chi connectivity index (χ4n) is 2.87. The number of hydrogen-bond acceptors (Lipinski definition) is 3. The Morgan fingerprint density at radius 2 is 2.00 bits per heavy atom. The lowest BCUT2D eigenvalue weighted by Crippen LogP contribution is -1.87. The zero-order valence-electron chi connectivity index (χ0n) is 12.0. The van der Waals surface area contributed by atoms with E-state index in [1.807, 2.05) is 36.4 Å². The molecule has 22 heavy (non-hydrogen) atoms. The number of nitrogens with two attached hydrogens (primary N) is 1. The van der Waals surface area contributed by atoms with Crippen LogP contribution in [0.15, 0.2) is 42.6 Å². The molecule has 110 valence electrons. The molecule has 2 aromatic heterocycles. The van der Waals surface area contributed by atoms with Gasteiger partial charge in [-0.15, -0.1) is 0 Å². The number of rotatable bonds is 2. The number of nitrogen functional groups attached to an aromatic ring is 1. The first-order valence-corrected chi connectivity index (χ1v) is 6.93. The van der Waals surface area contributed by atoms with E-state index >= 15 is 0 Å². The van der Waals surface area contributed by atoms with Gasteiger partial charge in [-0.1, -0.05) is 0 Å². The number of aromatic hydroxyl groups is 1. The highest BCUT2D eigenvalue weighted by atomic mass is 16.5.